The molecule has 8 heteroatoms. The largest absolute Gasteiger partial charge is 0.489 e. The van der Waals surface area contributed by atoms with Crippen molar-refractivity contribution in [1.82, 2.24) is 5.32 Å². The predicted molar refractivity (Wildman–Crippen MR) is 114 cm³/mol. The lowest BCUT2D eigenvalue weighted by Gasteiger charge is -2.25. The number of aryl methyl sites for hydroxylation is 1. The van der Waals surface area contributed by atoms with E-state index >= 15 is 0 Å². The Morgan fingerprint density at radius 2 is 2.03 bits per heavy atom. The molecule has 2 rings (SSSR count). The molecule has 1 aromatic carbocycles. The number of alkyl carbamates (subject to hydrolysis) is 1. The van der Waals surface area contributed by atoms with Crippen LogP contribution in [0.3, 0.4) is 0 Å². The number of benzene rings is 1. The molecule has 0 unspecified atom stereocenters. The summed E-state index contributed by atoms with van der Waals surface area (Å²) < 4.78 is 21.4. The zero-order valence-corrected chi connectivity index (χ0v) is 18.9. The van der Waals surface area contributed by atoms with Gasteiger partial charge in [-0.25, -0.2) is 4.79 Å². The van der Waals surface area contributed by atoms with Crippen LogP contribution in [-0.2, 0) is 25.4 Å². The molecule has 1 N–H and O–H groups in total. The molecule has 0 bridgehead atoms. The lowest BCUT2D eigenvalue weighted by Crippen LogP contribution is -2.44. The summed E-state index contributed by atoms with van der Waals surface area (Å²) in [6, 6.07) is 7.01. The van der Waals surface area contributed by atoms with Crippen LogP contribution in [0, 0.1) is 17.2 Å². The minimum atomic E-state index is -0.600. The van der Waals surface area contributed by atoms with Crippen molar-refractivity contribution in [2.45, 2.75) is 65.2 Å². The van der Waals surface area contributed by atoms with Gasteiger partial charge in [0.15, 0.2) is 0 Å². The minimum Gasteiger partial charge on any atom is -0.489 e. The number of hydrogen-bond donors (Lipinski definition) is 1. The summed E-state index contributed by atoms with van der Waals surface area (Å²) in [6.45, 7) is 10.4. The molecule has 1 heterocycles. The van der Waals surface area contributed by atoms with Crippen molar-refractivity contribution in [1.29, 1.82) is 5.26 Å². The molecular formula is C23H32N2O6. The van der Waals surface area contributed by atoms with Crippen LogP contribution >= 0.6 is 0 Å². The van der Waals surface area contributed by atoms with Gasteiger partial charge in [-0.3, -0.25) is 4.79 Å². The van der Waals surface area contributed by atoms with Gasteiger partial charge in [-0.2, -0.15) is 5.26 Å². The van der Waals surface area contributed by atoms with Crippen LogP contribution in [0.2, 0.25) is 0 Å². The highest BCUT2D eigenvalue weighted by atomic mass is 16.6. The Hall–Kier alpha value is -2.79. The maximum atomic E-state index is 12.2. The molecule has 8 nitrogen and oxygen atoms in total. The first-order valence-electron chi connectivity index (χ1n) is 10.5. The third-order valence-electron chi connectivity index (χ3n) is 4.54. The van der Waals surface area contributed by atoms with Crippen LogP contribution in [-0.4, -0.2) is 49.6 Å². The Bertz CT molecular complexity index is 805. The third kappa shape index (κ3) is 9.26. The van der Waals surface area contributed by atoms with Gasteiger partial charge >= 0.3 is 12.1 Å². The maximum absolute atomic E-state index is 12.2. The average molecular weight is 433 g/mol. The topological polar surface area (TPSA) is 110 Å². The number of carbonyl (C=O) groups excluding carboxylic acids is 2. The van der Waals surface area contributed by atoms with Gasteiger partial charge in [0.05, 0.1) is 18.2 Å². The van der Waals surface area contributed by atoms with Crippen molar-refractivity contribution in [3.63, 3.8) is 0 Å². The number of esters is 1. The average Bonchev–Trinajstić information content (AvgIpc) is 3.50. The van der Waals surface area contributed by atoms with E-state index in [1.165, 1.54) is 0 Å². The SMILES string of the molecule is CC(C)[C@@H](COC(=O)CCc1ccc(C#N)c(OC[C@H]2CO2)c1)NC(=O)OC(C)(C)C. The summed E-state index contributed by atoms with van der Waals surface area (Å²) in [5, 5.41) is 12.0. The quantitative estimate of drug-likeness (QED) is 0.446. The Morgan fingerprint density at radius 3 is 2.61 bits per heavy atom. The number of carbonyl (C=O) groups is 2. The molecular weight excluding hydrogens is 400 g/mol. The van der Waals surface area contributed by atoms with Gasteiger partial charge in [0.1, 0.15) is 36.7 Å². The summed E-state index contributed by atoms with van der Waals surface area (Å²) in [5.74, 6) is 0.189. The van der Waals surface area contributed by atoms with Gasteiger partial charge in [0.25, 0.3) is 0 Å². The number of nitriles is 1. The van der Waals surface area contributed by atoms with Crippen LogP contribution in [0.1, 0.15) is 52.2 Å². The van der Waals surface area contributed by atoms with Gasteiger partial charge in [0, 0.05) is 6.42 Å². The predicted octanol–water partition coefficient (Wildman–Crippen LogP) is 3.36. The monoisotopic (exact) mass is 432 g/mol. The Morgan fingerprint density at radius 1 is 1.32 bits per heavy atom. The summed E-state index contributed by atoms with van der Waals surface area (Å²) in [5.41, 5.74) is 0.715. The molecule has 31 heavy (non-hydrogen) atoms. The van der Waals surface area contributed by atoms with Crippen LogP contribution in [0.5, 0.6) is 5.75 Å². The number of amides is 1. The molecule has 1 aliphatic rings. The molecule has 0 saturated carbocycles. The van der Waals surface area contributed by atoms with Gasteiger partial charge in [-0.15, -0.1) is 0 Å². The van der Waals surface area contributed by atoms with E-state index in [0.717, 1.165) is 5.56 Å². The van der Waals surface area contributed by atoms with E-state index in [9.17, 15) is 14.9 Å². The minimum absolute atomic E-state index is 0.0639. The molecule has 1 fully saturated rings. The van der Waals surface area contributed by atoms with E-state index in [0.29, 0.717) is 30.9 Å². The molecule has 1 amide bonds. The fraction of sp³-hybridized carbons (Fsp3) is 0.609. The molecule has 1 saturated heterocycles. The fourth-order valence-electron chi connectivity index (χ4n) is 2.64. The fourth-order valence-corrected chi connectivity index (χ4v) is 2.64. The first-order chi connectivity index (χ1) is 14.6. The van der Waals surface area contributed by atoms with Gasteiger partial charge in [-0.05, 0) is 50.8 Å². The molecule has 0 spiro atoms. The van der Waals surface area contributed by atoms with Crippen molar-refractivity contribution in [3.05, 3.63) is 29.3 Å². The number of ether oxygens (including phenoxy) is 4. The Balaban J connectivity index is 1.82. The molecule has 2 atom stereocenters. The van der Waals surface area contributed by atoms with Crippen LogP contribution in [0.25, 0.3) is 0 Å². The van der Waals surface area contributed by atoms with E-state index in [1.807, 2.05) is 13.8 Å². The number of nitrogens with one attached hydrogen (secondary N) is 1. The normalized spacial score (nSPS) is 16.2. The van der Waals surface area contributed by atoms with E-state index in [-0.39, 0.29) is 37.1 Å². The van der Waals surface area contributed by atoms with Crippen molar-refractivity contribution in [2.75, 3.05) is 19.8 Å². The second kappa shape index (κ2) is 11.0. The van der Waals surface area contributed by atoms with Gasteiger partial charge in [-0.1, -0.05) is 19.9 Å². The summed E-state index contributed by atoms with van der Waals surface area (Å²) in [6.07, 6.45) is 0.179. The highest BCUT2D eigenvalue weighted by Crippen LogP contribution is 2.22. The number of hydrogen-bond acceptors (Lipinski definition) is 7. The molecule has 1 aromatic rings. The summed E-state index contributed by atoms with van der Waals surface area (Å²) >= 11 is 0. The summed E-state index contributed by atoms with van der Waals surface area (Å²) in [4.78, 5) is 24.2. The van der Waals surface area contributed by atoms with Crippen LogP contribution in [0.15, 0.2) is 18.2 Å². The van der Waals surface area contributed by atoms with Crippen LogP contribution in [0.4, 0.5) is 4.79 Å². The second-order valence-electron chi connectivity index (χ2n) is 8.89. The van der Waals surface area contributed by atoms with Crippen molar-refractivity contribution in [3.8, 4) is 11.8 Å². The Kier molecular flexibility index (Phi) is 8.69. The molecule has 1 aliphatic heterocycles. The van der Waals surface area contributed by atoms with Crippen molar-refractivity contribution < 1.29 is 28.5 Å². The third-order valence-corrected chi connectivity index (χ3v) is 4.54. The van der Waals surface area contributed by atoms with Gasteiger partial charge in [0.2, 0.25) is 0 Å². The second-order valence-corrected chi connectivity index (χ2v) is 8.89. The zero-order chi connectivity index (χ0) is 23.0. The Labute approximate surface area is 183 Å². The van der Waals surface area contributed by atoms with E-state index in [2.05, 4.69) is 11.4 Å². The number of rotatable bonds is 10. The van der Waals surface area contributed by atoms with Crippen molar-refractivity contribution in [2.24, 2.45) is 5.92 Å². The van der Waals surface area contributed by atoms with Crippen molar-refractivity contribution >= 4 is 12.1 Å². The zero-order valence-electron chi connectivity index (χ0n) is 18.9. The lowest BCUT2D eigenvalue weighted by molar-refractivity contribution is -0.144. The van der Waals surface area contributed by atoms with Gasteiger partial charge < -0.3 is 24.3 Å². The molecule has 0 aromatic heterocycles. The number of epoxide rings is 1. The van der Waals surface area contributed by atoms with E-state index in [4.69, 9.17) is 18.9 Å². The first kappa shape index (κ1) is 24.5. The highest BCUT2D eigenvalue weighted by Gasteiger charge is 2.24. The van der Waals surface area contributed by atoms with E-state index in [1.54, 1.807) is 39.0 Å². The maximum Gasteiger partial charge on any atom is 0.407 e. The lowest BCUT2D eigenvalue weighted by atomic mass is 10.1. The standard InChI is InChI=1S/C23H32N2O6/c1-15(2)19(25-22(27)31-23(3,4)5)14-30-21(26)9-7-16-6-8-17(11-24)20(10-16)29-13-18-12-28-18/h6,8,10,15,18-19H,7,9,12-14H2,1-5H3,(H,25,27)/t18-,19-/m1/s1. The van der Waals surface area contributed by atoms with E-state index < -0.39 is 11.7 Å². The highest BCUT2D eigenvalue weighted by molar-refractivity contribution is 5.70. The van der Waals surface area contributed by atoms with Crippen LogP contribution < -0.4 is 10.1 Å². The summed E-state index contributed by atoms with van der Waals surface area (Å²) in [7, 11) is 0. The first-order valence-corrected chi connectivity index (χ1v) is 10.5. The number of nitrogens with zero attached hydrogens (tertiary/aromatic N) is 1. The molecule has 170 valence electrons. The molecule has 0 radical (unpaired) electrons. The smallest absolute Gasteiger partial charge is 0.407 e. The molecule has 0 aliphatic carbocycles.